The summed E-state index contributed by atoms with van der Waals surface area (Å²) in [5.74, 6) is -1.10. The SMILES string of the molecule is C[C@H]1[C@H]([Si](C)(C)F)[C@@H](CCO)O[C@]12C(=O)N(Cc1ccc(N3C(=O)c4cccc5cccc3c45)cc1)c1ccc(N3C(=O)c4cccc5cccc3c45)cc12. The Morgan fingerprint density at radius 3 is 1.84 bits per heavy atom. The summed E-state index contributed by atoms with van der Waals surface area (Å²) in [6.07, 6.45) is -0.459. The van der Waals surface area contributed by atoms with Crippen molar-refractivity contribution in [2.24, 2.45) is 5.92 Å². The van der Waals surface area contributed by atoms with Gasteiger partial charge in [-0.1, -0.05) is 67.6 Å². The van der Waals surface area contributed by atoms with Crippen LogP contribution in [0.2, 0.25) is 18.6 Å². The molecule has 10 rings (SSSR count). The van der Waals surface area contributed by atoms with Crippen molar-refractivity contribution in [3.05, 3.63) is 138 Å². The van der Waals surface area contributed by atoms with Gasteiger partial charge in [0.2, 0.25) is 8.41 Å². The number of anilines is 5. The van der Waals surface area contributed by atoms with Gasteiger partial charge in [-0.3, -0.25) is 24.2 Å². The Bertz CT molecular complexity index is 2630. The molecule has 0 aliphatic carbocycles. The highest BCUT2D eigenvalue weighted by atomic mass is 28.4. The summed E-state index contributed by atoms with van der Waals surface area (Å²) in [7, 11) is -3.42. The Hall–Kier alpha value is -5.68. The smallest absolute Gasteiger partial charge is 0.264 e. The van der Waals surface area contributed by atoms with Crippen LogP contribution in [0.25, 0.3) is 21.5 Å². The van der Waals surface area contributed by atoms with Crippen molar-refractivity contribution in [1.29, 1.82) is 0 Å². The summed E-state index contributed by atoms with van der Waals surface area (Å²) in [6, 6.07) is 36.4. The van der Waals surface area contributed by atoms with Crippen LogP contribution in [0.4, 0.5) is 32.5 Å². The standard InChI is InChI=1S/C45H38FN3O5Si/c1-26-41(55(2,3)46)38(22-23-50)54-45(26)34-24-31(49-37-15-7-11-29-9-5-13-33(40(29)37)43(49)52)20-21-35(34)47(44(45)53)25-27-16-18-30(19-17-27)48-36-14-6-10-28-8-4-12-32(39(28)36)42(48)51/h4-21,24,26,38,41,50H,22-23,25H2,1-3H3/t26-,38+,41-,45+/m0/s1. The van der Waals surface area contributed by atoms with Crippen molar-refractivity contribution in [2.45, 2.75) is 50.2 Å². The van der Waals surface area contributed by atoms with E-state index in [9.17, 15) is 14.7 Å². The molecule has 0 saturated carbocycles. The first-order chi connectivity index (χ1) is 26.5. The van der Waals surface area contributed by atoms with Crippen molar-refractivity contribution in [2.75, 3.05) is 21.3 Å². The second-order valence-corrected chi connectivity index (χ2v) is 19.5. The first-order valence-corrected chi connectivity index (χ1v) is 21.7. The number of nitrogens with zero attached hydrogens (tertiary/aromatic N) is 3. The van der Waals surface area contributed by atoms with Crippen molar-refractivity contribution in [1.82, 2.24) is 0 Å². The molecule has 1 saturated heterocycles. The Kier molecular flexibility index (Phi) is 7.33. The van der Waals surface area contributed by atoms with Gasteiger partial charge < -0.3 is 18.9 Å². The Labute approximate surface area is 318 Å². The van der Waals surface area contributed by atoms with Gasteiger partial charge in [-0.25, -0.2) is 0 Å². The van der Waals surface area contributed by atoms with Crippen LogP contribution in [-0.2, 0) is 21.7 Å². The predicted molar refractivity (Wildman–Crippen MR) is 215 cm³/mol. The molecule has 0 unspecified atom stereocenters. The van der Waals surface area contributed by atoms with Crippen molar-refractivity contribution < 1.29 is 28.3 Å². The zero-order valence-electron chi connectivity index (χ0n) is 30.6. The van der Waals surface area contributed by atoms with Gasteiger partial charge in [-0.15, -0.1) is 0 Å². The second-order valence-electron chi connectivity index (χ2n) is 15.7. The molecule has 4 atom stereocenters. The summed E-state index contributed by atoms with van der Waals surface area (Å²) in [5.41, 5.74) is 4.15. The van der Waals surface area contributed by atoms with Crippen LogP contribution in [-0.4, -0.2) is 43.9 Å². The van der Waals surface area contributed by atoms with E-state index in [1.165, 1.54) is 0 Å². The third-order valence-corrected chi connectivity index (χ3v) is 14.7. The van der Waals surface area contributed by atoms with Gasteiger partial charge in [0, 0.05) is 45.8 Å². The van der Waals surface area contributed by atoms with Crippen LogP contribution in [0.15, 0.2) is 115 Å². The molecule has 4 aliphatic heterocycles. The number of halogens is 1. The van der Waals surface area contributed by atoms with Gasteiger partial charge in [0.25, 0.3) is 17.7 Å². The minimum Gasteiger partial charge on any atom is -0.396 e. The van der Waals surface area contributed by atoms with E-state index in [1.54, 1.807) is 27.8 Å². The van der Waals surface area contributed by atoms with Crippen LogP contribution in [0.3, 0.4) is 0 Å². The minimum absolute atomic E-state index is 0.0875. The maximum Gasteiger partial charge on any atom is 0.264 e. The van der Waals surface area contributed by atoms with Gasteiger partial charge in [-0.2, -0.15) is 0 Å². The van der Waals surface area contributed by atoms with Crippen molar-refractivity contribution in [3.8, 4) is 0 Å². The fourth-order valence-corrected chi connectivity index (χ4v) is 12.5. The molecule has 55 heavy (non-hydrogen) atoms. The number of aliphatic hydroxyl groups is 1. The summed E-state index contributed by atoms with van der Waals surface area (Å²) < 4.78 is 23.1. The molecule has 6 aromatic rings. The number of rotatable bonds is 7. The average molecular weight is 748 g/mol. The molecule has 0 radical (unpaired) electrons. The number of fused-ring (bicyclic) bond motifs is 2. The molecule has 8 nitrogen and oxygen atoms in total. The summed E-state index contributed by atoms with van der Waals surface area (Å²) >= 11 is 0. The molecule has 274 valence electrons. The third kappa shape index (κ3) is 4.65. The van der Waals surface area contributed by atoms with Crippen LogP contribution in [0.5, 0.6) is 0 Å². The molecule has 0 bridgehead atoms. The predicted octanol–water partition coefficient (Wildman–Crippen LogP) is 9.28. The van der Waals surface area contributed by atoms with E-state index in [0.717, 1.165) is 44.2 Å². The van der Waals surface area contributed by atoms with Gasteiger partial charge in [0.15, 0.2) is 5.60 Å². The topological polar surface area (TPSA) is 90.4 Å². The number of carbonyl (C=O) groups is 3. The highest BCUT2D eigenvalue weighted by Gasteiger charge is 2.66. The van der Waals surface area contributed by atoms with Gasteiger partial charge in [0.1, 0.15) is 0 Å². The molecule has 4 aliphatic rings. The lowest BCUT2D eigenvalue weighted by molar-refractivity contribution is -0.146. The molecule has 6 aromatic carbocycles. The number of hydrogen-bond donors (Lipinski definition) is 1. The lowest BCUT2D eigenvalue weighted by Crippen LogP contribution is -2.45. The Morgan fingerprint density at radius 2 is 1.27 bits per heavy atom. The molecular formula is C45H38FN3O5Si. The van der Waals surface area contributed by atoms with Crippen molar-refractivity contribution in [3.63, 3.8) is 0 Å². The molecule has 1 fully saturated rings. The van der Waals surface area contributed by atoms with E-state index >= 15 is 8.90 Å². The third-order valence-electron chi connectivity index (χ3n) is 12.3. The largest absolute Gasteiger partial charge is 0.396 e. The number of hydrogen-bond acceptors (Lipinski definition) is 5. The Balaban J connectivity index is 1.05. The van der Waals surface area contributed by atoms with Gasteiger partial charge in [0.05, 0.1) is 40.8 Å². The fraction of sp³-hybridized carbons (Fsp3) is 0.222. The van der Waals surface area contributed by atoms with Crippen LogP contribution < -0.4 is 14.7 Å². The van der Waals surface area contributed by atoms with Crippen LogP contribution in [0.1, 0.15) is 45.2 Å². The summed E-state index contributed by atoms with van der Waals surface area (Å²) in [5, 5.41) is 13.8. The molecule has 0 aromatic heterocycles. The Morgan fingerprint density at radius 1 is 0.727 bits per heavy atom. The molecule has 3 amide bonds. The van der Waals surface area contributed by atoms with E-state index in [-0.39, 0.29) is 37.3 Å². The van der Waals surface area contributed by atoms with E-state index in [1.807, 2.05) is 122 Å². The van der Waals surface area contributed by atoms with E-state index in [0.29, 0.717) is 28.1 Å². The van der Waals surface area contributed by atoms with E-state index in [4.69, 9.17) is 4.74 Å². The van der Waals surface area contributed by atoms with Crippen LogP contribution in [0, 0.1) is 5.92 Å². The maximum absolute atomic E-state index is 16.3. The molecular weight excluding hydrogens is 710 g/mol. The summed E-state index contributed by atoms with van der Waals surface area (Å²) in [4.78, 5) is 47.9. The highest BCUT2D eigenvalue weighted by molar-refractivity contribution is 6.72. The molecule has 10 heteroatoms. The average Bonchev–Trinajstić information content (AvgIpc) is 3.82. The zero-order chi connectivity index (χ0) is 38.0. The quantitative estimate of drug-likeness (QED) is 0.130. The lowest BCUT2D eigenvalue weighted by atomic mass is 9.82. The number of benzene rings is 6. The molecule has 1 N–H and O–H groups in total. The molecule has 4 heterocycles. The number of aliphatic hydroxyl groups excluding tert-OH is 1. The van der Waals surface area contributed by atoms with Crippen molar-refractivity contribution >= 4 is 76.1 Å². The normalized spacial score (nSPS) is 22.7. The highest BCUT2D eigenvalue weighted by Crippen LogP contribution is 2.61. The first-order valence-electron chi connectivity index (χ1n) is 18.8. The van der Waals surface area contributed by atoms with Crippen LogP contribution >= 0.6 is 0 Å². The zero-order valence-corrected chi connectivity index (χ0v) is 31.6. The van der Waals surface area contributed by atoms with E-state index in [2.05, 4.69) is 0 Å². The monoisotopic (exact) mass is 747 g/mol. The maximum atomic E-state index is 16.3. The molecule has 1 spiro atoms. The second kappa shape index (κ2) is 11.9. The number of ether oxygens (including phenoxy) is 1. The fourth-order valence-electron chi connectivity index (χ4n) is 10.0. The lowest BCUT2D eigenvalue weighted by Gasteiger charge is -2.31. The first kappa shape index (κ1) is 33.9. The number of amides is 3. The minimum atomic E-state index is -3.42. The number of carbonyl (C=O) groups excluding carboxylic acids is 3. The van der Waals surface area contributed by atoms with Gasteiger partial charge >= 0.3 is 0 Å². The van der Waals surface area contributed by atoms with Gasteiger partial charge in [-0.05, 0) is 90.4 Å². The summed E-state index contributed by atoms with van der Waals surface area (Å²) in [6.45, 7) is 5.18. The van der Waals surface area contributed by atoms with E-state index < -0.39 is 31.6 Å².